The standard InChI is InChI=1S/C18H20O4/c1-2-21-16-10-8-14(9-11-16)12-17(18(19)20)22-13-15-6-4-3-5-7-15/h3-11,17H,2,12-13H2,1H3,(H,19,20)/t17-/m1/s1. The second kappa shape index (κ2) is 8.20. The van der Waals surface area contributed by atoms with Crippen LogP contribution in [0.4, 0.5) is 0 Å². The van der Waals surface area contributed by atoms with Crippen LogP contribution < -0.4 is 4.74 Å². The minimum absolute atomic E-state index is 0.287. The highest BCUT2D eigenvalue weighted by molar-refractivity contribution is 5.72. The Morgan fingerprint density at radius 2 is 1.73 bits per heavy atom. The molecule has 0 heterocycles. The van der Waals surface area contributed by atoms with Crippen LogP contribution in [0.15, 0.2) is 54.6 Å². The summed E-state index contributed by atoms with van der Waals surface area (Å²) in [5.41, 5.74) is 1.87. The van der Waals surface area contributed by atoms with Crippen LogP contribution in [-0.4, -0.2) is 23.8 Å². The number of rotatable bonds is 8. The largest absolute Gasteiger partial charge is 0.494 e. The van der Waals surface area contributed by atoms with E-state index in [4.69, 9.17) is 9.47 Å². The van der Waals surface area contributed by atoms with Crippen LogP contribution in [0.1, 0.15) is 18.1 Å². The first-order chi connectivity index (χ1) is 10.7. The average Bonchev–Trinajstić information content (AvgIpc) is 2.54. The van der Waals surface area contributed by atoms with Crippen LogP contribution in [0.2, 0.25) is 0 Å². The van der Waals surface area contributed by atoms with E-state index in [0.29, 0.717) is 13.0 Å². The number of benzene rings is 2. The van der Waals surface area contributed by atoms with E-state index in [9.17, 15) is 9.90 Å². The van der Waals surface area contributed by atoms with Crippen molar-refractivity contribution in [3.8, 4) is 5.75 Å². The summed E-state index contributed by atoms with van der Waals surface area (Å²) in [6.07, 6.45) is -0.535. The molecule has 0 saturated carbocycles. The number of carbonyl (C=O) groups is 1. The Labute approximate surface area is 130 Å². The van der Waals surface area contributed by atoms with Gasteiger partial charge in [0, 0.05) is 6.42 Å². The molecular weight excluding hydrogens is 280 g/mol. The molecule has 0 saturated heterocycles. The van der Waals surface area contributed by atoms with Gasteiger partial charge in [0.2, 0.25) is 0 Å². The fourth-order valence-electron chi connectivity index (χ4n) is 2.09. The molecule has 0 aliphatic carbocycles. The third-order valence-corrected chi connectivity index (χ3v) is 3.22. The number of carboxylic acid groups (broad SMARTS) is 1. The van der Waals surface area contributed by atoms with Crippen LogP contribution >= 0.6 is 0 Å². The number of aliphatic carboxylic acids is 1. The van der Waals surface area contributed by atoms with Crippen molar-refractivity contribution in [3.63, 3.8) is 0 Å². The lowest BCUT2D eigenvalue weighted by molar-refractivity contribution is -0.151. The fourth-order valence-corrected chi connectivity index (χ4v) is 2.09. The first-order valence-corrected chi connectivity index (χ1v) is 7.29. The molecule has 0 unspecified atom stereocenters. The lowest BCUT2D eigenvalue weighted by atomic mass is 10.1. The highest BCUT2D eigenvalue weighted by Gasteiger charge is 2.18. The molecule has 2 aromatic carbocycles. The van der Waals surface area contributed by atoms with Gasteiger partial charge in [-0.2, -0.15) is 0 Å². The van der Waals surface area contributed by atoms with Crippen molar-refractivity contribution in [2.75, 3.05) is 6.61 Å². The third kappa shape index (κ3) is 4.90. The van der Waals surface area contributed by atoms with Gasteiger partial charge >= 0.3 is 5.97 Å². The van der Waals surface area contributed by atoms with Crippen LogP contribution in [0.3, 0.4) is 0 Å². The van der Waals surface area contributed by atoms with Crippen molar-refractivity contribution < 1.29 is 19.4 Å². The molecule has 4 heteroatoms. The van der Waals surface area contributed by atoms with Crippen molar-refractivity contribution in [1.82, 2.24) is 0 Å². The quantitative estimate of drug-likeness (QED) is 0.812. The van der Waals surface area contributed by atoms with Gasteiger partial charge in [-0.3, -0.25) is 0 Å². The second-order valence-corrected chi connectivity index (χ2v) is 4.90. The fraction of sp³-hybridized carbons (Fsp3) is 0.278. The highest BCUT2D eigenvalue weighted by Crippen LogP contribution is 2.15. The molecular formula is C18H20O4. The van der Waals surface area contributed by atoms with Crippen molar-refractivity contribution in [3.05, 3.63) is 65.7 Å². The second-order valence-electron chi connectivity index (χ2n) is 4.90. The molecule has 0 fully saturated rings. The Balaban J connectivity index is 1.95. The third-order valence-electron chi connectivity index (χ3n) is 3.22. The van der Waals surface area contributed by atoms with E-state index >= 15 is 0 Å². The van der Waals surface area contributed by atoms with E-state index in [1.807, 2.05) is 61.5 Å². The van der Waals surface area contributed by atoms with Gasteiger partial charge < -0.3 is 14.6 Å². The summed E-state index contributed by atoms with van der Waals surface area (Å²) >= 11 is 0. The lowest BCUT2D eigenvalue weighted by Gasteiger charge is -2.14. The van der Waals surface area contributed by atoms with Gasteiger partial charge in [-0.05, 0) is 30.2 Å². The van der Waals surface area contributed by atoms with Crippen LogP contribution in [0.5, 0.6) is 5.75 Å². The Morgan fingerprint density at radius 1 is 1.05 bits per heavy atom. The zero-order valence-corrected chi connectivity index (χ0v) is 12.6. The molecule has 22 heavy (non-hydrogen) atoms. The van der Waals surface area contributed by atoms with E-state index in [0.717, 1.165) is 16.9 Å². The van der Waals surface area contributed by atoms with Gasteiger partial charge in [0.15, 0.2) is 6.10 Å². The molecule has 0 aliphatic rings. The molecule has 0 spiro atoms. The van der Waals surface area contributed by atoms with Crippen molar-refractivity contribution >= 4 is 5.97 Å². The molecule has 1 N–H and O–H groups in total. The van der Waals surface area contributed by atoms with Crippen LogP contribution in [-0.2, 0) is 22.6 Å². The summed E-state index contributed by atoms with van der Waals surface area (Å²) in [7, 11) is 0. The normalized spacial score (nSPS) is 11.9. The van der Waals surface area contributed by atoms with Gasteiger partial charge in [-0.1, -0.05) is 42.5 Å². The Morgan fingerprint density at radius 3 is 2.32 bits per heavy atom. The van der Waals surface area contributed by atoms with Crippen molar-refractivity contribution in [2.45, 2.75) is 26.1 Å². The molecule has 0 radical (unpaired) electrons. The Kier molecular flexibility index (Phi) is 5.98. The molecule has 4 nitrogen and oxygen atoms in total. The summed E-state index contributed by atoms with van der Waals surface area (Å²) in [5.74, 6) is -0.173. The van der Waals surface area contributed by atoms with E-state index in [1.165, 1.54) is 0 Å². The molecule has 1 atom stereocenters. The summed E-state index contributed by atoms with van der Waals surface area (Å²) in [4.78, 5) is 11.3. The first kappa shape index (κ1) is 16.0. The zero-order chi connectivity index (χ0) is 15.8. The maximum atomic E-state index is 11.3. The average molecular weight is 300 g/mol. The molecule has 116 valence electrons. The predicted molar refractivity (Wildman–Crippen MR) is 84.0 cm³/mol. The van der Waals surface area contributed by atoms with Gasteiger partial charge in [0.25, 0.3) is 0 Å². The monoisotopic (exact) mass is 300 g/mol. The SMILES string of the molecule is CCOc1ccc(C[C@@H](OCc2ccccc2)C(=O)O)cc1. The van der Waals surface area contributed by atoms with Gasteiger partial charge in [-0.25, -0.2) is 4.79 Å². The number of ether oxygens (including phenoxy) is 2. The summed E-state index contributed by atoms with van der Waals surface area (Å²) in [6, 6.07) is 17.0. The van der Waals surface area contributed by atoms with Gasteiger partial charge in [0.05, 0.1) is 13.2 Å². The maximum absolute atomic E-state index is 11.3. The number of hydrogen-bond acceptors (Lipinski definition) is 3. The van der Waals surface area contributed by atoms with E-state index in [2.05, 4.69) is 0 Å². The molecule has 0 aliphatic heterocycles. The Hall–Kier alpha value is -2.33. The predicted octanol–water partition coefficient (Wildman–Crippen LogP) is 3.30. The van der Waals surface area contributed by atoms with Crippen LogP contribution in [0.25, 0.3) is 0 Å². The lowest BCUT2D eigenvalue weighted by Crippen LogP contribution is -2.26. The summed E-state index contributed by atoms with van der Waals surface area (Å²) in [6.45, 7) is 2.82. The minimum atomic E-state index is -0.954. The smallest absolute Gasteiger partial charge is 0.333 e. The number of hydrogen-bond donors (Lipinski definition) is 1. The maximum Gasteiger partial charge on any atom is 0.333 e. The molecule has 2 rings (SSSR count). The summed E-state index contributed by atoms with van der Waals surface area (Å²) < 4.78 is 10.9. The Bertz CT molecular complexity index is 578. The summed E-state index contributed by atoms with van der Waals surface area (Å²) in [5, 5.41) is 9.30. The first-order valence-electron chi connectivity index (χ1n) is 7.29. The molecule has 0 aromatic heterocycles. The van der Waals surface area contributed by atoms with E-state index < -0.39 is 12.1 Å². The zero-order valence-electron chi connectivity index (χ0n) is 12.6. The van der Waals surface area contributed by atoms with Gasteiger partial charge in [0.1, 0.15) is 5.75 Å². The van der Waals surface area contributed by atoms with E-state index in [-0.39, 0.29) is 6.61 Å². The topological polar surface area (TPSA) is 55.8 Å². The van der Waals surface area contributed by atoms with Crippen LogP contribution in [0, 0.1) is 0 Å². The van der Waals surface area contributed by atoms with Crippen molar-refractivity contribution in [1.29, 1.82) is 0 Å². The molecule has 0 bridgehead atoms. The minimum Gasteiger partial charge on any atom is -0.494 e. The van der Waals surface area contributed by atoms with Crippen molar-refractivity contribution in [2.24, 2.45) is 0 Å². The van der Waals surface area contributed by atoms with E-state index in [1.54, 1.807) is 0 Å². The number of carboxylic acids is 1. The van der Waals surface area contributed by atoms with Gasteiger partial charge in [-0.15, -0.1) is 0 Å². The molecule has 2 aromatic rings. The molecule has 0 amide bonds. The highest BCUT2D eigenvalue weighted by atomic mass is 16.5.